The van der Waals surface area contributed by atoms with Crippen LogP contribution in [0, 0.1) is 6.92 Å². The summed E-state index contributed by atoms with van der Waals surface area (Å²) in [4.78, 5) is 21.3. The number of fused-ring (bicyclic) bond motifs is 3. The molecule has 0 aliphatic carbocycles. The summed E-state index contributed by atoms with van der Waals surface area (Å²) in [6.45, 7) is 1.98. The van der Waals surface area contributed by atoms with E-state index in [1.807, 2.05) is 31.2 Å². The number of benzene rings is 2. The Morgan fingerprint density at radius 2 is 1.92 bits per heavy atom. The summed E-state index contributed by atoms with van der Waals surface area (Å²) in [6.07, 6.45) is 0. The molecule has 2 amide bonds. The van der Waals surface area contributed by atoms with Gasteiger partial charge in [-0.15, -0.1) is 11.3 Å². The van der Waals surface area contributed by atoms with Crippen molar-refractivity contribution >= 4 is 60.0 Å². The van der Waals surface area contributed by atoms with Gasteiger partial charge < -0.3 is 10.1 Å². The first kappa shape index (κ1) is 15.8. The maximum atomic E-state index is 12.3. The zero-order valence-corrected chi connectivity index (χ0v) is 15.1. The number of aromatic nitrogens is 2. The highest BCUT2D eigenvalue weighted by Crippen LogP contribution is 2.34. The predicted octanol–water partition coefficient (Wildman–Crippen LogP) is 4.87. The molecule has 2 aromatic heterocycles. The number of urea groups is 1. The molecule has 2 aromatic carbocycles. The summed E-state index contributed by atoms with van der Waals surface area (Å²) in [5, 5.41) is 7.10. The van der Waals surface area contributed by atoms with Crippen molar-refractivity contribution in [3.05, 3.63) is 41.4 Å². The van der Waals surface area contributed by atoms with E-state index in [0.29, 0.717) is 16.6 Å². The van der Waals surface area contributed by atoms with Crippen molar-refractivity contribution in [2.24, 2.45) is 0 Å². The van der Waals surface area contributed by atoms with Gasteiger partial charge in [0, 0.05) is 0 Å². The molecule has 8 heteroatoms. The van der Waals surface area contributed by atoms with Gasteiger partial charge in [-0.3, -0.25) is 5.32 Å². The normalized spacial score (nSPS) is 11.0. The second-order valence-corrected chi connectivity index (χ2v) is 7.53. The molecule has 25 heavy (non-hydrogen) atoms. The Hall–Kier alpha value is -2.71. The molecule has 2 heterocycles. The van der Waals surface area contributed by atoms with Crippen molar-refractivity contribution in [1.82, 2.24) is 9.97 Å². The summed E-state index contributed by atoms with van der Waals surface area (Å²) in [6, 6.07) is 10.8. The number of aryl methyl sites for hydroxylation is 1. The number of para-hydroxylation sites is 2. The Morgan fingerprint density at radius 1 is 1.08 bits per heavy atom. The molecular formula is C17H14N4O2S2. The van der Waals surface area contributed by atoms with Crippen LogP contribution in [0.1, 0.15) is 5.01 Å². The van der Waals surface area contributed by atoms with Crippen molar-refractivity contribution in [1.29, 1.82) is 0 Å². The van der Waals surface area contributed by atoms with E-state index < -0.39 is 0 Å². The van der Waals surface area contributed by atoms with Crippen LogP contribution in [0.3, 0.4) is 0 Å². The lowest BCUT2D eigenvalue weighted by Gasteiger charge is -2.09. The number of thiazole rings is 2. The molecule has 0 atom stereocenters. The standard InChI is InChI=1S/C17H14N4O2S2/c1-9-18-14-13(24-9)8-7-11-15(14)25-17(20-11)21-16(22)19-10-5-3-4-6-12(10)23-2/h3-8H,1-2H3,(H2,19,20,21,22). The lowest BCUT2D eigenvalue weighted by molar-refractivity contribution is 0.262. The molecule has 0 spiro atoms. The smallest absolute Gasteiger partial charge is 0.325 e. The first-order chi connectivity index (χ1) is 12.1. The molecule has 126 valence electrons. The second kappa shape index (κ2) is 6.30. The number of rotatable bonds is 3. The third-order valence-corrected chi connectivity index (χ3v) is 5.53. The zero-order chi connectivity index (χ0) is 17.4. The molecule has 0 fully saturated rings. The predicted molar refractivity (Wildman–Crippen MR) is 103 cm³/mol. The van der Waals surface area contributed by atoms with Crippen molar-refractivity contribution in [3.8, 4) is 5.75 Å². The second-order valence-electron chi connectivity index (χ2n) is 5.29. The number of ether oxygens (including phenoxy) is 1. The highest BCUT2D eigenvalue weighted by molar-refractivity contribution is 7.24. The van der Waals surface area contributed by atoms with E-state index >= 15 is 0 Å². The van der Waals surface area contributed by atoms with Gasteiger partial charge in [-0.25, -0.2) is 14.8 Å². The number of methoxy groups -OCH3 is 1. The van der Waals surface area contributed by atoms with Gasteiger partial charge in [-0.1, -0.05) is 23.5 Å². The molecule has 6 nitrogen and oxygen atoms in total. The van der Waals surface area contributed by atoms with E-state index in [-0.39, 0.29) is 6.03 Å². The summed E-state index contributed by atoms with van der Waals surface area (Å²) in [5.74, 6) is 0.599. The van der Waals surface area contributed by atoms with Gasteiger partial charge >= 0.3 is 6.03 Å². The van der Waals surface area contributed by atoms with Gasteiger partial charge in [0.1, 0.15) is 11.3 Å². The molecule has 4 rings (SSSR count). The van der Waals surface area contributed by atoms with E-state index in [4.69, 9.17) is 4.74 Å². The van der Waals surface area contributed by atoms with Crippen LogP contribution in [0.15, 0.2) is 36.4 Å². The number of hydrogen-bond donors (Lipinski definition) is 2. The van der Waals surface area contributed by atoms with Crippen molar-refractivity contribution < 1.29 is 9.53 Å². The first-order valence-corrected chi connectivity index (χ1v) is 9.15. The van der Waals surface area contributed by atoms with Crippen LogP contribution in [-0.4, -0.2) is 23.1 Å². The topological polar surface area (TPSA) is 76.1 Å². The van der Waals surface area contributed by atoms with E-state index in [0.717, 1.165) is 25.4 Å². The van der Waals surface area contributed by atoms with Crippen LogP contribution in [-0.2, 0) is 0 Å². The zero-order valence-electron chi connectivity index (χ0n) is 13.5. The highest BCUT2D eigenvalue weighted by Gasteiger charge is 2.13. The summed E-state index contributed by atoms with van der Waals surface area (Å²) in [5.41, 5.74) is 2.37. The summed E-state index contributed by atoms with van der Waals surface area (Å²) < 4.78 is 7.34. The Balaban J connectivity index is 1.60. The molecule has 0 bridgehead atoms. The molecular weight excluding hydrogens is 356 g/mol. The number of carbonyl (C=O) groups is 1. The van der Waals surface area contributed by atoms with Crippen molar-refractivity contribution in [2.75, 3.05) is 17.7 Å². The fourth-order valence-corrected chi connectivity index (χ4v) is 4.39. The molecule has 0 radical (unpaired) electrons. The molecule has 0 saturated carbocycles. The van der Waals surface area contributed by atoms with Crippen LogP contribution < -0.4 is 15.4 Å². The summed E-state index contributed by atoms with van der Waals surface area (Å²) in [7, 11) is 1.56. The van der Waals surface area contributed by atoms with Gasteiger partial charge in [-0.2, -0.15) is 0 Å². The Labute approximate surface area is 151 Å². The Kier molecular flexibility index (Phi) is 3.98. The third-order valence-electron chi connectivity index (χ3n) is 3.60. The Bertz CT molecular complexity index is 1090. The van der Waals surface area contributed by atoms with E-state index in [1.54, 1.807) is 30.6 Å². The van der Waals surface area contributed by atoms with Crippen molar-refractivity contribution in [2.45, 2.75) is 6.92 Å². The van der Waals surface area contributed by atoms with Crippen LogP contribution in [0.4, 0.5) is 15.6 Å². The minimum atomic E-state index is -0.366. The number of nitrogens with zero attached hydrogens (tertiary/aromatic N) is 2. The van der Waals surface area contributed by atoms with E-state index in [1.165, 1.54) is 11.3 Å². The minimum Gasteiger partial charge on any atom is -0.495 e. The maximum Gasteiger partial charge on any atom is 0.325 e. The fourth-order valence-electron chi connectivity index (χ4n) is 2.54. The van der Waals surface area contributed by atoms with Crippen LogP contribution in [0.5, 0.6) is 5.75 Å². The summed E-state index contributed by atoms with van der Waals surface area (Å²) >= 11 is 3.07. The average Bonchev–Trinajstić information content (AvgIpc) is 3.17. The van der Waals surface area contributed by atoms with Gasteiger partial charge in [0.05, 0.1) is 32.7 Å². The third kappa shape index (κ3) is 3.01. The number of amides is 2. The van der Waals surface area contributed by atoms with Gasteiger partial charge in [-0.05, 0) is 31.2 Å². The molecule has 0 saturated heterocycles. The van der Waals surface area contributed by atoms with Gasteiger partial charge in [0.2, 0.25) is 0 Å². The molecule has 0 unspecified atom stereocenters. The molecule has 4 aromatic rings. The quantitative estimate of drug-likeness (QED) is 0.539. The number of hydrogen-bond acceptors (Lipinski definition) is 6. The van der Waals surface area contributed by atoms with Gasteiger partial charge in [0.25, 0.3) is 0 Å². The Morgan fingerprint density at radius 3 is 2.76 bits per heavy atom. The van der Waals surface area contributed by atoms with E-state index in [9.17, 15) is 4.79 Å². The monoisotopic (exact) mass is 370 g/mol. The van der Waals surface area contributed by atoms with Crippen molar-refractivity contribution in [3.63, 3.8) is 0 Å². The maximum absolute atomic E-state index is 12.3. The van der Waals surface area contributed by atoms with Gasteiger partial charge in [0.15, 0.2) is 5.13 Å². The SMILES string of the molecule is COc1ccccc1NC(=O)Nc1nc2ccc3sc(C)nc3c2s1. The number of carbonyl (C=O) groups excluding carboxylic acids is 1. The lowest BCUT2D eigenvalue weighted by atomic mass is 10.3. The largest absolute Gasteiger partial charge is 0.495 e. The average molecular weight is 370 g/mol. The minimum absolute atomic E-state index is 0.366. The van der Waals surface area contributed by atoms with Crippen LogP contribution in [0.2, 0.25) is 0 Å². The van der Waals surface area contributed by atoms with Crippen LogP contribution in [0.25, 0.3) is 20.4 Å². The molecule has 0 aliphatic heterocycles. The lowest BCUT2D eigenvalue weighted by Crippen LogP contribution is -2.19. The number of anilines is 2. The molecule has 2 N–H and O–H groups in total. The first-order valence-electron chi connectivity index (χ1n) is 7.52. The van der Waals surface area contributed by atoms with Crippen LogP contribution >= 0.6 is 22.7 Å². The fraction of sp³-hybridized carbons (Fsp3) is 0.118. The van der Waals surface area contributed by atoms with E-state index in [2.05, 4.69) is 20.6 Å². The molecule has 0 aliphatic rings. The number of nitrogens with one attached hydrogen (secondary N) is 2. The highest BCUT2D eigenvalue weighted by atomic mass is 32.1.